The van der Waals surface area contributed by atoms with E-state index in [1.165, 1.54) is 161 Å². The molecule has 0 spiro atoms. The minimum atomic E-state index is -0.780. The van der Waals surface area contributed by atoms with Crippen molar-refractivity contribution in [2.45, 2.75) is 316 Å². The first kappa shape index (κ1) is 68.8. The molecule has 0 aromatic rings. The highest BCUT2D eigenvalue weighted by molar-refractivity contribution is 5.71. The van der Waals surface area contributed by atoms with E-state index in [1.54, 1.807) is 0 Å². The second-order valence-electron chi connectivity index (χ2n) is 20.6. The summed E-state index contributed by atoms with van der Waals surface area (Å²) in [5.74, 6) is -0.887. The van der Waals surface area contributed by atoms with Crippen molar-refractivity contribution < 1.29 is 28.6 Å². The largest absolute Gasteiger partial charge is 0.462 e. The molecule has 1 atom stereocenters. The maximum atomic E-state index is 12.8. The minimum Gasteiger partial charge on any atom is -0.462 e. The Bertz CT molecular complexity index is 1340. The van der Waals surface area contributed by atoms with Crippen LogP contribution in [-0.4, -0.2) is 37.2 Å². The Balaban J connectivity index is 4.15. The average molecular weight is 1010 g/mol. The molecule has 72 heavy (non-hydrogen) atoms. The second kappa shape index (κ2) is 60.4. The zero-order chi connectivity index (χ0) is 52.2. The topological polar surface area (TPSA) is 78.9 Å². The highest BCUT2D eigenvalue weighted by atomic mass is 16.6. The molecule has 6 heteroatoms. The molecule has 0 rings (SSSR count). The van der Waals surface area contributed by atoms with Crippen LogP contribution in [0.1, 0.15) is 310 Å². The van der Waals surface area contributed by atoms with Crippen LogP contribution in [0.4, 0.5) is 0 Å². The van der Waals surface area contributed by atoms with E-state index in [9.17, 15) is 14.4 Å². The molecule has 0 aromatic carbocycles. The molecule has 0 fully saturated rings. The van der Waals surface area contributed by atoms with E-state index >= 15 is 0 Å². The van der Waals surface area contributed by atoms with Gasteiger partial charge < -0.3 is 14.2 Å². The van der Waals surface area contributed by atoms with Crippen LogP contribution >= 0.6 is 0 Å². The molecule has 0 aliphatic rings. The first-order valence-electron chi connectivity index (χ1n) is 30.9. The highest BCUT2D eigenvalue weighted by Gasteiger charge is 2.19. The van der Waals surface area contributed by atoms with E-state index in [0.717, 1.165) is 109 Å². The molecule has 416 valence electrons. The van der Waals surface area contributed by atoms with Crippen LogP contribution in [0.15, 0.2) is 72.9 Å². The number of esters is 3. The Hall–Kier alpha value is -3.15. The van der Waals surface area contributed by atoms with Gasteiger partial charge in [-0.1, -0.05) is 261 Å². The third-order valence-corrected chi connectivity index (χ3v) is 13.4. The van der Waals surface area contributed by atoms with Crippen LogP contribution in [0.5, 0.6) is 0 Å². The van der Waals surface area contributed by atoms with Crippen LogP contribution in [0.2, 0.25) is 0 Å². The van der Waals surface area contributed by atoms with Gasteiger partial charge in [-0.3, -0.25) is 14.4 Å². The first-order valence-corrected chi connectivity index (χ1v) is 30.9. The fraction of sp³-hybridized carbons (Fsp3) is 0.773. The van der Waals surface area contributed by atoms with Gasteiger partial charge in [0.25, 0.3) is 0 Å². The summed E-state index contributed by atoms with van der Waals surface area (Å²) in [5.41, 5.74) is 0. The minimum absolute atomic E-state index is 0.0787. The smallest absolute Gasteiger partial charge is 0.306 e. The predicted molar refractivity (Wildman–Crippen MR) is 311 cm³/mol. The lowest BCUT2D eigenvalue weighted by Gasteiger charge is -2.18. The van der Waals surface area contributed by atoms with E-state index in [4.69, 9.17) is 14.2 Å². The molecule has 0 N–H and O–H groups in total. The van der Waals surface area contributed by atoms with E-state index in [-0.39, 0.29) is 31.1 Å². The summed E-state index contributed by atoms with van der Waals surface area (Å²) in [6, 6.07) is 0. The molecule has 0 bridgehead atoms. The van der Waals surface area contributed by atoms with E-state index in [0.29, 0.717) is 19.3 Å². The quantitative estimate of drug-likeness (QED) is 0.0261. The highest BCUT2D eigenvalue weighted by Crippen LogP contribution is 2.16. The zero-order valence-electron chi connectivity index (χ0n) is 47.7. The molecule has 1 unspecified atom stereocenters. The normalized spacial score (nSPS) is 12.5. The van der Waals surface area contributed by atoms with Crippen LogP contribution in [0.3, 0.4) is 0 Å². The summed E-state index contributed by atoms with van der Waals surface area (Å²) >= 11 is 0. The van der Waals surface area contributed by atoms with Gasteiger partial charge in [0.05, 0.1) is 0 Å². The molecular weight excluding hydrogens is 889 g/mol. The standard InChI is InChI=1S/C66H116O6/c1-4-7-10-13-16-19-22-24-26-27-28-29-30-31-32-33-34-35-36-37-38-39-41-42-44-47-50-53-56-59-65(68)71-62-63(61-70-64(67)58-55-52-49-46-21-18-15-12-9-6-3)72-66(69)60-57-54-51-48-45-43-40-25-23-20-17-14-11-8-5-2/h7,10,12,15-16,19,24-26,28-29,40,63H,4-6,8-9,11,13-14,17-18,20-23,27,30-39,41-62H2,1-3H3/b10-7-,15-12-,19-16-,26-24-,29-28-,40-25-. The molecule has 0 aromatic heterocycles. The Labute approximate surface area is 446 Å². The monoisotopic (exact) mass is 1000 g/mol. The van der Waals surface area contributed by atoms with E-state index in [1.807, 2.05) is 0 Å². The molecule has 0 heterocycles. The number of carbonyl (C=O) groups is 3. The van der Waals surface area contributed by atoms with Gasteiger partial charge in [-0.05, 0) is 103 Å². The van der Waals surface area contributed by atoms with Crippen LogP contribution in [0, 0.1) is 0 Å². The van der Waals surface area contributed by atoms with Gasteiger partial charge in [-0.15, -0.1) is 0 Å². The maximum Gasteiger partial charge on any atom is 0.306 e. The van der Waals surface area contributed by atoms with Crippen molar-refractivity contribution in [2.24, 2.45) is 0 Å². The van der Waals surface area contributed by atoms with Crippen molar-refractivity contribution >= 4 is 17.9 Å². The Morgan fingerprint density at radius 3 is 0.917 bits per heavy atom. The van der Waals surface area contributed by atoms with Crippen LogP contribution in [-0.2, 0) is 28.6 Å². The molecule has 0 amide bonds. The summed E-state index contributed by atoms with van der Waals surface area (Å²) in [6.45, 7) is 6.47. The van der Waals surface area contributed by atoms with Gasteiger partial charge in [0.15, 0.2) is 6.10 Å². The molecule has 0 aliphatic heterocycles. The lowest BCUT2D eigenvalue weighted by Crippen LogP contribution is -2.30. The maximum absolute atomic E-state index is 12.8. The van der Waals surface area contributed by atoms with Crippen LogP contribution < -0.4 is 0 Å². The number of carbonyl (C=O) groups excluding carboxylic acids is 3. The van der Waals surface area contributed by atoms with Gasteiger partial charge in [-0.25, -0.2) is 0 Å². The Morgan fingerprint density at radius 1 is 0.292 bits per heavy atom. The molecule has 0 radical (unpaired) electrons. The van der Waals surface area contributed by atoms with Gasteiger partial charge in [0, 0.05) is 19.3 Å². The SMILES string of the molecule is CC/C=C\C/C=C\C/C=C\C/C=C\CCCCCCCCCCCCCCCCCCC(=O)OCC(COC(=O)CCCCCCC/C=C\CCC)OC(=O)CCCCCCC/C=C\CCCCCCCC. The number of hydrogen-bond acceptors (Lipinski definition) is 6. The van der Waals surface area contributed by atoms with Crippen molar-refractivity contribution in [1.82, 2.24) is 0 Å². The lowest BCUT2D eigenvalue weighted by atomic mass is 10.0. The summed E-state index contributed by atoms with van der Waals surface area (Å²) in [7, 11) is 0. The number of allylic oxidation sites excluding steroid dienone is 12. The zero-order valence-corrected chi connectivity index (χ0v) is 47.7. The lowest BCUT2D eigenvalue weighted by molar-refractivity contribution is -0.167. The average Bonchev–Trinajstić information content (AvgIpc) is 3.38. The summed E-state index contributed by atoms with van der Waals surface area (Å²) in [6.07, 6.45) is 77.8. The molecule has 6 nitrogen and oxygen atoms in total. The Kier molecular flexibility index (Phi) is 57.8. The fourth-order valence-corrected chi connectivity index (χ4v) is 8.79. The molecule has 0 saturated carbocycles. The van der Waals surface area contributed by atoms with E-state index in [2.05, 4.69) is 93.7 Å². The number of unbranched alkanes of at least 4 members (excludes halogenated alkanes) is 33. The Morgan fingerprint density at radius 2 is 0.569 bits per heavy atom. The van der Waals surface area contributed by atoms with Gasteiger partial charge in [-0.2, -0.15) is 0 Å². The molecular formula is C66H116O6. The van der Waals surface area contributed by atoms with Gasteiger partial charge in [0.1, 0.15) is 13.2 Å². The van der Waals surface area contributed by atoms with Gasteiger partial charge >= 0.3 is 17.9 Å². The fourth-order valence-electron chi connectivity index (χ4n) is 8.79. The number of rotatable bonds is 56. The summed E-state index contributed by atoms with van der Waals surface area (Å²) in [5, 5.41) is 0. The summed E-state index contributed by atoms with van der Waals surface area (Å²) in [4.78, 5) is 38.1. The third kappa shape index (κ3) is 57.7. The van der Waals surface area contributed by atoms with Crippen molar-refractivity contribution in [3.05, 3.63) is 72.9 Å². The number of ether oxygens (including phenoxy) is 3. The van der Waals surface area contributed by atoms with Crippen molar-refractivity contribution in [1.29, 1.82) is 0 Å². The van der Waals surface area contributed by atoms with E-state index < -0.39 is 6.10 Å². The molecule has 0 saturated heterocycles. The summed E-state index contributed by atoms with van der Waals surface area (Å²) < 4.78 is 16.8. The van der Waals surface area contributed by atoms with Crippen molar-refractivity contribution in [2.75, 3.05) is 13.2 Å². The predicted octanol–water partition coefficient (Wildman–Crippen LogP) is 20.9. The van der Waals surface area contributed by atoms with Crippen molar-refractivity contribution in [3.63, 3.8) is 0 Å². The second-order valence-corrected chi connectivity index (χ2v) is 20.6. The third-order valence-electron chi connectivity index (χ3n) is 13.4. The van der Waals surface area contributed by atoms with Crippen molar-refractivity contribution in [3.8, 4) is 0 Å². The van der Waals surface area contributed by atoms with Gasteiger partial charge in [0.2, 0.25) is 0 Å². The van der Waals surface area contributed by atoms with Crippen LogP contribution in [0.25, 0.3) is 0 Å². The number of hydrogen-bond donors (Lipinski definition) is 0. The molecule has 0 aliphatic carbocycles. The first-order chi connectivity index (χ1) is 35.5.